The topological polar surface area (TPSA) is 156 Å². The highest BCUT2D eigenvalue weighted by atomic mass is 19.1. The molecule has 7 N–H and O–H groups in total. The number of benzene rings is 1. The van der Waals surface area contributed by atoms with Gasteiger partial charge in [0, 0.05) is 34.7 Å². The van der Waals surface area contributed by atoms with Gasteiger partial charge in [0.1, 0.15) is 23.1 Å². The van der Waals surface area contributed by atoms with Gasteiger partial charge in [0.15, 0.2) is 11.4 Å². The molecule has 10 heteroatoms. The summed E-state index contributed by atoms with van der Waals surface area (Å²) >= 11 is 0. The Morgan fingerprint density at radius 2 is 1.97 bits per heavy atom. The van der Waals surface area contributed by atoms with Crippen LogP contribution in [-0.4, -0.2) is 69.3 Å². The lowest BCUT2D eigenvalue weighted by atomic mass is 9.56. The van der Waals surface area contributed by atoms with Crippen LogP contribution >= 0.6 is 0 Å². The minimum atomic E-state index is -2.34. The third-order valence-electron chi connectivity index (χ3n) is 8.36. The molecule has 0 radical (unpaired) electrons. The molecule has 2 saturated carbocycles. The van der Waals surface area contributed by atoms with Gasteiger partial charge in [-0.1, -0.05) is 6.58 Å². The smallest absolute Gasteiger partial charge is 0.252 e. The Morgan fingerprint density at radius 3 is 2.57 bits per heavy atom. The first-order chi connectivity index (χ1) is 17.4. The average Bonchev–Trinajstić information content (AvgIpc) is 3.63. The Kier molecular flexibility index (Phi) is 5.97. The second kappa shape index (κ2) is 8.68. The predicted octanol–water partition coefficient (Wildman–Crippen LogP) is 1.59. The fraction of sp³-hybridized carbons (Fsp3) is 0.481. The number of carbonyl (C=O) groups is 2. The van der Waals surface area contributed by atoms with Gasteiger partial charge in [-0.15, -0.1) is 0 Å². The Labute approximate surface area is 213 Å². The van der Waals surface area contributed by atoms with Crippen molar-refractivity contribution in [2.24, 2.45) is 23.5 Å². The van der Waals surface area contributed by atoms with Crippen LogP contribution in [0.3, 0.4) is 0 Å². The molecule has 198 valence electrons. The van der Waals surface area contributed by atoms with Crippen LogP contribution in [0, 0.1) is 23.6 Å². The van der Waals surface area contributed by atoms with E-state index in [9.17, 15) is 30.0 Å². The minimum Gasteiger partial charge on any atom is -0.510 e. The van der Waals surface area contributed by atoms with Crippen molar-refractivity contribution in [1.29, 1.82) is 0 Å². The van der Waals surface area contributed by atoms with Gasteiger partial charge < -0.3 is 31.5 Å². The molecule has 37 heavy (non-hydrogen) atoms. The number of ketones is 1. The van der Waals surface area contributed by atoms with Crippen LogP contribution in [0.15, 0.2) is 35.1 Å². The van der Waals surface area contributed by atoms with Crippen molar-refractivity contribution in [3.8, 4) is 5.75 Å². The van der Waals surface area contributed by atoms with Gasteiger partial charge in [-0.3, -0.25) is 14.5 Å². The lowest BCUT2D eigenvalue weighted by Gasteiger charge is -2.52. The van der Waals surface area contributed by atoms with Gasteiger partial charge in [-0.2, -0.15) is 0 Å². The van der Waals surface area contributed by atoms with Crippen molar-refractivity contribution >= 4 is 17.4 Å². The molecule has 1 amide bonds. The van der Waals surface area contributed by atoms with Crippen LogP contribution in [-0.2, 0) is 22.6 Å². The van der Waals surface area contributed by atoms with Crippen molar-refractivity contribution in [3.05, 3.63) is 57.6 Å². The number of aliphatic hydroxyl groups excluding tert-OH is 2. The van der Waals surface area contributed by atoms with E-state index < -0.39 is 58.1 Å². The standard InChI is InChI=1S/C27H32FN3O6/c1-11-18(26(29)36)24(34)22(31(2)3)16-7-13-6-15-20(23(33)19(13)25(35)27(11,16)37)17(32)8-14(21(15)28)10-30-9-12-4-5-12/h8,12-13,16,22,30,32-34,37H,1,4-7,9-10H2,2-3H3,(H2,29,36)/t13-,16-,22-,27-/m0/s1. The number of hydrogen-bond acceptors (Lipinski definition) is 8. The third-order valence-corrected chi connectivity index (χ3v) is 8.36. The maximum atomic E-state index is 15.6. The number of halogens is 1. The number of fused-ring (bicyclic) bond motifs is 3. The number of nitrogens with zero attached hydrogens (tertiary/aromatic N) is 1. The molecule has 9 nitrogen and oxygen atoms in total. The lowest BCUT2D eigenvalue weighted by Crippen LogP contribution is -2.63. The molecule has 4 atom stereocenters. The molecule has 0 heterocycles. The highest BCUT2D eigenvalue weighted by molar-refractivity contribution is 6.13. The van der Waals surface area contributed by atoms with Crippen LogP contribution in [0.2, 0.25) is 0 Å². The molecule has 0 unspecified atom stereocenters. The average molecular weight is 514 g/mol. The van der Waals surface area contributed by atoms with E-state index >= 15 is 4.39 Å². The monoisotopic (exact) mass is 513 g/mol. The first kappa shape index (κ1) is 25.4. The second-order valence-corrected chi connectivity index (χ2v) is 10.9. The summed E-state index contributed by atoms with van der Waals surface area (Å²) in [5, 5.41) is 47.8. The summed E-state index contributed by atoms with van der Waals surface area (Å²) in [6.07, 6.45) is 2.36. The normalized spacial score (nSPS) is 29.4. The molecule has 4 aliphatic rings. The molecule has 0 spiro atoms. The summed E-state index contributed by atoms with van der Waals surface area (Å²) in [6, 6.07) is 0.284. The first-order valence-corrected chi connectivity index (χ1v) is 12.4. The Hall–Kier alpha value is -3.21. The van der Waals surface area contributed by atoms with Crippen LogP contribution in [0.4, 0.5) is 4.39 Å². The number of nitrogens with one attached hydrogen (secondary N) is 1. The fourth-order valence-electron chi connectivity index (χ4n) is 6.38. The van der Waals surface area contributed by atoms with Crippen molar-refractivity contribution in [2.75, 3.05) is 20.6 Å². The molecule has 2 fully saturated rings. The minimum absolute atomic E-state index is 0.00266. The maximum Gasteiger partial charge on any atom is 0.252 e. The summed E-state index contributed by atoms with van der Waals surface area (Å²) in [6.45, 7) is 4.70. The van der Waals surface area contributed by atoms with E-state index in [0.29, 0.717) is 5.92 Å². The van der Waals surface area contributed by atoms with Crippen LogP contribution in [0.5, 0.6) is 5.75 Å². The van der Waals surface area contributed by atoms with E-state index in [0.717, 1.165) is 19.4 Å². The largest absolute Gasteiger partial charge is 0.510 e. The number of primary amides is 1. The van der Waals surface area contributed by atoms with Gasteiger partial charge in [0.2, 0.25) is 0 Å². The van der Waals surface area contributed by atoms with Crippen LogP contribution in [0.1, 0.15) is 36.0 Å². The number of hydrogen-bond donors (Lipinski definition) is 6. The molecule has 5 rings (SSSR count). The zero-order valence-electron chi connectivity index (χ0n) is 20.8. The van der Waals surface area contributed by atoms with Crippen LogP contribution in [0.25, 0.3) is 5.76 Å². The molecular weight excluding hydrogens is 481 g/mol. The maximum absolute atomic E-state index is 15.6. The summed E-state index contributed by atoms with van der Waals surface area (Å²) in [5.41, 5.74) is 2.36. The summed E-state index contributed by atoms with van der Waals surface area (Å²) in [7, 11) is 3.24. The number of nitrogens with two attached hydrogens (primary N) is 1. The molecule has 0 bridgehead atoms. The zero-order valence-corrected chi connectivity index (χ0v) is 20.8. The van der Waals surface area contributed by atoms with Crippen molar-refractivity contribution in [1.82, 2.24) is 10.2 Å². The van der Waals surface area contributed by atoms with Crippen molar-refractivity contribution in [3.63, 3.8) is 0 Å². The molecule has 4 aliphatic carbocycles. The van der Waals surface area contributed by atoms with E-state index in [1.165, 1.54) is 6.07 Å². The second-order valence-electron chi connectivity index (χ2n) is 10.9. The van der Waals surface area contributed by atoms with Gasteiger partial charge in [-0.25, -0.2) is 4.39 Å². The van der Waals surface area contributed by atoms with E-state index in [2.05, 4.69) is 11.9 Å². The number of amides is 1. The Morgan fingerprint density at radius 1 is 1.30 bits per heavy atom. The van der Waals surface area contributed by atoms with E-state index in [4.69, 9.17) is 5.73 Å². The summed E-state index contributed by atoms with van der Waals surface area (Å²) in [5.74, 6) is -4.95. The van der Waals surface area contributed by atoms with Crippen molar-refractivity contribution < 1.29 is 34.4 Å². The van der Waals surface area contributed by atoms with Gasteiger partial charge >= 0.3 is 0 Å². The first-order valence-electron chi connectivity index (χ1n) is 12.4. The number of aromatic hydroxyl groups is 1. The van der Waals surface area contributed by atoms with Gasteiger partial charge in [-0.05, 0) is 64.2 Å². The van der Waals surface area contributed by atoms with Crippen molar-refractivity contribution in [2.45, 2.75) is 43.9 Å². The number of phenols is 1. The van der Waals surface area contributed by atoms with E-state index in [1.807, 2.05) is 0 Å². The molecule has 1 aromatic carbocycles. The van der Waals surface area contributed by atoms with E-state index in [1.54, 1.807) is 19.0 Å². The van der Waals surface area contributed by atoms with Gasteiger partial charge in [0.25, 0.3) is 5.91 Å². The number of phenolic OH excluding ortho intramolecular Hbond substituents is 1. The molecular formula is C27H32FN3O6. The molecule has 0 saturated heterocycles. The lowest BCUT2D eigenvalue weighted by molar-refractivity contribution is -0.143. The predicted molar refractivity (Wildman–Crippen MR) is 133 cm³/mol. The Bertz CT molecular complexity index is 1300. The highest BCUT2D eigenvalue weighted by Gasteiger charge is 2.62. The van der Waals surface area contributed by atoms with E-state index in [-0.39, 0.29) is 53.0 Å². The number of likely N-dealkylation sites (N-methyl/N-ethyl adjacent to an activating group) is 1. The third kappa shape index (κ3) is 3.69. The highest BCUT2D eigenvalue weighted by Crippen LogP contribution is 2.54. The number of aliphatic hydroxyl groups is 3. The summed E-state index contributed by atoms with van der Waals surface area (Å²) < 4.78 is 15.6. The summed E-state index contributed by atoms with van der Waals surface area (Å²) in [4.78, 5) is 27.6. The number of carbonyl (C=O) groups excluding carboxylic acids is 2. The molecule has 0 aromatic heterocycles. The quantitative estimate of drug-likeness (QED) is 0.335. The van der Waals surface area contributed by atoms with Crippen LogP contribution < -0.4 is 11.1 Å². The fourth-order valence-corrected chi connectivity index (χ4v) is 6.38. The number of rotatable bonds is 6. The van der Waals surface area contributed by atoms with Gasteiger partial charge in [0.05, 0.1) is 17.2 Å². The molecule has 0 aliphatic heterocycles. The molecule has 1 aromatic rings. The zero-order chi connectivity index (χ0) is 27.0. The SMILES string of the molecule is C=C1C(C(N)=O)=C(O)[C@@H](N(C)C)[C@@H]2C[C@@H]3Cc4c(F)c(CNCC5CC5)cc(O)c4C(O)=C3C(=O)[C@]12O. The number of Topliss-reactive ketones (excluding diaryl/α,β-unsaturated/α-hetero) is 1. The Balaban J connectivity index is 1.60.